The number of carbonyl (C=O) groups excluding carboxylic acids is 1. The summed E-state index contributed by atoms with van der Waals surface area (Å²) in [4.78, 5) is 10.6. The molecule has 0 bridgehead atoms. The predicted molar refractivity (Wildman–Crippen MR) is 71.9 cm³/mol. The summed E-state index contributed by atoms with van der Waals surface area (Å²) in [5, 5.41) is 0. The van der Waals surface area contributed by atoms with E-state index in [0.717, 1.165) is 18.6 Å². The zero-order valence-corrected chi connectivity index (χ0v) is 11.4. The van der Waals surface area contributed by atoms with Crippen LogP contribution in [0.1, 0.15) is 77.6 Å². The normalized spacial score (nSPS) is 33.2. The summed E-state index contributed by atoms with van der Waals surface area (Å²) in [6, 6.07) is 0. The lowest BCUT2D eigenvalue weighted by atomic mass is 9.59. The molecule has 1 heteroatoms. The number of aldehydes is 1. The van der Waals surface area contributed by atoms with Crippen LogP contribution in [-0.4, -0.2) is 6.29 Å². The van der Waals surface area contributed by atoms with Gasteiger partial charge in [0.05, 0.1) is 0 Å². The van der Waals surface area contributed by atoms with E-state index in [9.17, 15) is 4.79 Å². The third-order valence-electron chi connectivity index (χ3n) is 5.70. The Morgan fingerprint density at radius 3 is 2.24 bits per heavy atom. The second kappa shape index (κ2) is 6.02. The zero-order chi connectivity index (χ0) is 12.1. The number of carbonyl (C=O) groups is 1. The van der Waals surface area contributed by atoms with E-state index in [1.807, 2.05) is 0 Å². The van der Waals surface area contributed by atoms with Crippen molar-refractivity contribution in [2.75, 3.05) is 0 Å². The van der Waals surface area contributed by atoms with Crippen LogP contribution in [0.15, 0.2) is 0 Å². The topological polar surface area (TPSA) is 17.1 Å². The Hall–Kier alpha value is -0.330. The molecule has 1 nitrogen and oxygen atoms in total. The van der Waals surface area contributed by atoms with Crippen molar-refractivity contribution < 1.29 is 4.79 Å². The highest BCUT2D eigenvalue weighted by atomic mass is 16.1. The third kappa shape index (κ3) is 2.92. The number of hydrogen-bond donors (Lipinski definition) is 0. The average Bonchev–Trinajstić information content (AvgIpc) is 2.41. The maximum Gasteiger partial charge on any atom is 0.120 e. The Balaban J connectivity index is 1.91. The second-order valence-electron chi connectivity index (χ2n) is 6.40. The fourth-order valence-electron chi connectivity index (χ4n) is 4.45. The van der Waals surface area contributed by atoms with Gasteiger partial charge in [0.1, 0.15) is 6.29 Å². The Morgan fingerprint density at radius 2 is 1.71 bits per heavy atom. The number of rotatable bonds is 4. The van der Waals surface area contributed by atoms with Gasteiger partial charge in [-0.05, 0) is 55.8 Å². The van der Waals surface area contributed by atoms with Gasteiger partial charge in [-0.3, -0.25) is 0 Å². The summed E-state index contributed by atoms with van der Waals surface area (Å²) in [5.41, 5.74) is 0.685. The minimum Gasteiger partial charge on any atom is -0.303 e. The lowest BCUT2D eigenvalue weighted by molar-refractivity contribution is -0.109. The first-order valence-electron chi connectivity index (χ1n) is 7.74. The van der Waals surface area contributed by atoms with Gasteiger partial charge in [-0.2, -0.15) is 0 Å². The first-order chi connectivity index (χ1) is 8.30. The third-order valence-corrected chi connectivity index (χ3v) is 5.70. The first-order valence-corrected chi connectivity index (χ1v) is 7.74. The molecule has 0 atom stereocenters. The van der Waals surface area contributed by atoms with Crippen LogP contribution in [-0.2, 0) is 4.79 Å². The molecule has 0 saturated heterocycles. The van der Waals surface area contributed by atoms with E-state index in [0.29, 0.717) is 11.3 Å². The predicted octanol–water partition coefficient (Wildman–Crippen LogP) is 4.74. The summed E-state index contributed by atoms with van der Waals surface area (Å²) in [6.07, 6.45) is 16.1. The van der Waals surface area contributed by atoms with Crippen LogP contribution in [0, 0.1) is 17.3 Å². The van der Waals surface area contributed by atoms with Gasteiger partial charge >= 0.3 is 0 Å². The van der Waals surface area contributed by atoms with Crippen LogP contribution in [0.3, 0.4) is 0 Å². The average molecular weight is 236 g/mol. The van der Waals surface area contributed by atoms with E-state index in [1.54, 1.807) is 0 Å². The van der Waals surface area contributed by atoms with E-state index in [4.69, 9.17) is 0 Å². The Kier molecular flexibility index (Phi) is 4.64. The van der Waals surface area contributed by atoms with Gasteiger partial charge in [0.2, 0.25) is 0 Å². The van der Waals surface area contributed by atoms with E-state index in [1.165, 1.54) is 64.2 Å². The molecule has 0 radical (unpaired) electrons. The minimum atomic E-state index is 0.685. The molecule has 0 aromatic heterocycles. The molecule has 0 aliphatic heterocycles. The maximum absolute atomic E-state index is 10.6. The van der Waals surface area contributed by atoms with Crippen LogP contribution in [0.5, 0.6) is 0 Å². The minimum absolute atomic E-state index is 0.685. The molecule has 0 spiro atoms. The quantitative estimate of drug-likeness (QED) is 0.644. The van der Waals surface area contributed by atoms with E-state index < -0.39 is 0 Å². The van der Waals surface area contributed by atoms with E-state index >= 15 is 0 Å². The van der Waals surface area contributed by atoms with Crippen LogP contribution in [0.2, 0.25) is 0 Å². The van der Waals surface area contributed by atoms with Crippen LogP contribution in [0.25, 0.3) is 0 Å². The van der Waals surface area contributed by atoms with Gasteiger partial charge in [-0.1, -0.05) is 32.6 Å². The monoisotopic (exact) mass is 236 g/mol. The molecular weight excluding hydrogens is 208 g/mol. The van der Waals surface area contributed by atoms with Crippen molar-refractivity contribution >= 4 is 6.29 Å². The first kappa shape index (κ1) is 13.1. The van der Waals surface area contributed by atoms with Gasteiger partial charge in [0.25, 0.3) is 0 Å². The molecule has 0 aromatic rings. The summed E-state index contributed by atoms with van der Waals surface area (Å²) >= 11 is 0. The van der Waals surface area contributed by atoms with Crippen LogP contribution < -0.4 is 0 Å². The van der Waals surface area contributed by atoms with Crippen molar-refractivity contribution in [3.8, 4) is 0 Å². The van der Waals surface area contributed by atoms with Crippen molar-refractivity contribution in [3.63, 3.8) is 0 Å². The Labute approximate surface area is 106 Å². The fourth-order valence-corrected chi connectivity index (χ4v) is 4.45. The Bertz CT molecular complexity index is 232. The van der Waals surface area contributed by atoms with Gasteiger partial charge in [0, 0.05) is 6.42 Å². The Morgan fingerprint density at radius 1 is 1.06 bits per heavy atom. The van der Waals surface area contributed by atoms with Crippen molar-refractivity contribution in [3.05, 3.63) is 0 Å². The van der Waals surface area contributed by atoms with E-state index in [-0.39, 0.29) is 0 Å². The largest absolute Gasteiger partial charge is 0.303 e. The van der Waals surface area contributed by atoms with Gasteiger partial charge in [-0.15, -0.1) is 0 Å². The summed E-state index contributed by atoms with van der Waals surface area (Å²) < 4.78 is 0. The second-order valence-corrected chi connectivity index (χ2v) is 6.40. The molecule has 0 heterocycles. The molecule has 2 fully saturated rings. The van der Waals surface area contributed by atoms with Gasteiger partial charge < -0.3 is 4.79 Å². The molecule has 2 rings (SSSR count). The van der Waals surface area contributed by atoms with Crippen LogP contribution in [0.4, 0.5) is 0 Å². The molecule has 2 aliphatic rings. The highest BCUT2D eigenvalue weighted by Gasteiger charge is 2.39. The lowest BCUT2D eigenvalue weighted by Gasteiger charge is -2.46. The molecule has 2 aliphatic carbocycles. The standard InChI is InChI=1S/C16H28O/c1-2-16(11-4-3-5-12-16)15-8-6-14(7-9-15)10-13-17/h13-15H,2-12H2,1H3. The van der Waals surface area contributed by atoms with Crippen molar-refractivity contribution in [1.29, 1.82) is 0 Å². The van der Waals surface area contributed by atoms with Gasteiger partial charge in [0.15, 0.2) is 0 Å². The molecule has 98 valence electrons. The highest BCUT2D eigenvalue weighted by molar-refractivity contribution is 5.49. The summed E-state index contributed by atoms with van der Waals surface area (Å²) in [6.45, 7) is 2.41. The molecule has 17 heavy (non-hydrogen) atoms. The molecular formula is C16H28O. The highest BCUT2D eigenvalue weighted by Crippen LogP contribution is 2.51. The van der Waals surface area contributed by atoms with Gasteiger partial charge in [-0.25, -0.2) is 0 Å². The molecule has 0 amide bonds. The molecule has 0 aromatic carbocycles. The number of hydrogen-bond acceptors (Lipinski definition) is 1. The van der Waals surface area contributed by atoms with E-state index in [2.05, 4.69) is 6.92 Å². The van der Waals surface area contributed by atoms with Crippen molar-refractivity contribution in [1.82, 2.24) is 0 Å². The fraction of sp³-hybridized carbons (Fsp3) is 0.938. The lowest BCUT2D eigenvalue weighted by Crippen LogP contribution is -2.35. The summed E-state index contributed by atoms with van der Waals surface area (Å²) in [7, 11) is 0. The SMILES string of the molecule is CCC1(C2CCC(CC=O)CC2)CCCCC1. The molecule has 0 N–H and O–H groups in total. The van der Waals surface area contributed by atoms with Crippen LogP contribution >= 0.6 is 0 Å². The zero-order valence-electron chi connectivity index (χ0n) is 11.4. The molecule has 2 saturated carbocycles. The smallest absolute Gasteiger partial charge is 0.120 e. The summed E-state index contributed by atoms with van der Waals surface area (Å²) in [5.74, 6) is 1.68. The molecule has 0 unspecified atom stereocenters. The van der Waals surface area contributed by atoms with Crippen molar-refractivity contribution in [2.24, 2.45) is 17.3 Å². The van der Waals surface area contributed by atoms with Crippen molar-refractivity contribution in [2.45, 2.75) is 77.6 Å². The maximum atomic E-state index is 10.6.